The minimum Gasteiger partial charge on any atom is -0.494 e. The third-order valence-electron chi connectivity index (χ3n) is 4.22. The molecule has 0 unspecified atom stereocenters. The van der Waals surface area contributed by atoms with Crippen LogP contribution in [0.1, 0.15) is 12.6 Å². The molecule has 4 nitrogen and oxygen atoms in total. The molecule has 0 radical (unpaired) electrons. The summed E-state index contributed by atoms with van der Waals surface area (Å²) < 4.78 is 7.45. The van der Waals surface area contributed by atoms with Crippen molar-refractivity contribution in [2.75, 3.05) is 6.61 Å². The van der Waals surface area contributed by atoms with Gasteiger partial charge in [-0.2, -0.15) is 5.10 Å². The molecule has 2 aromatic carbocycles. The first kappa shape index (κ1) is 15.4. The lowest BCUT2D eigenvalue weighted by atomic mass is 10.1. The molecular formula is C21H19N3O. The van der Waals surface area contributed by atoms with Gasteiger partial charge in [0.2, 0.25) is 0 Å². The van der Waals surface area contributed by atoms with Crippen LogP contribution < -0.4 is 4.74 Å². The molecule has 2 aromatic heterocycles. The van der Waals surface area contributed by atoms with E-state index < -0.39 is 0 Å². The molecule has 4 heteroatoms. The summed E-state index contributed by atoms with van der Waals surface area (Å²) in [6.45, 7) is 4.68. The van der Waals surface area contributed by atoms with E-state index in [0.29, 0.717) is 6.61 Å². The monoisotopic (exact) mass is 329 g/mol. The second-order valence-electron chi connectivity index (χ2n) is 5.85. The molecule has 0 N–H and O–H groups in total. The van der Waals surface area contributed by atoms with Gasteiger partial charge in [-0.15, -0.1) is 0 Å². The van der Waals surface area contributed by atoms with Gasteiger partial charge in [0.1, 0.15) is 5.75 Å². The number of aryl methyl sites for hydroxylation is 1. The molecule has 0 aliphatic carbocycles. The smallest absolute Gasteiger partial charge is 0.163 e. The van der Waals surface area contributed by atoms with Crippen molar-refractivity contribution in [1.29, 1.82) is 0 Å². The molecule has 0 fully saturated rings. The van der Waals surface area contributed by atoms with Gasteiger partial charge in [0.25, 0.3) is 0 Å². The second-order valence-corrected chi connectivity index (χ2v) is 5.85. The molecule has 25 heavy (non-hydrogen) atoms. The largest absolute Gasteiger partial charge is 0.494 e. The van der Waals surface area contributed by atoms with E-state index in [-0.39, 0.29) is 0 Å². The maximum Gasteiger partial charge on any atom is 0.163 e. The highest BCUT2D eigenvalue weighted by Crippen LogP contribution is 2.30. The zero-order chi connectivity index (χ0) is 17.2. The Morgan fingerprint density at radius 3 is 2.40 bits per heavy atom. The lowest BCUT2D eigenvalue weighted by Gasteiger charge is -2.07. The molecule has 0 aliphatic heterocycles. The number of ether oxygens (including phenoxy) is 1. The summed E-state index contributed by atoms with van der Waals surface area (Å²) in [6.07, 6.45) is 1.84. The van der Waals surface area contributed by atoms with Gasteiger partial charge in [-0.3, -0.25) is 0 Å². The van der Waals surface area contributed by atoms with E-state index in [1.807, 2.05) is 61.0 Å². The highest BCUT2D eigenvalue weighted by atomic mass is 16.5. The first-order valence-electron chi connectivity index (χ1n) is 8.41. The Labute approximate surface area is 146 Å². The van der Waals surface area contributed by atoms with E-state index in [2.05, 4.69) is 29.2 Å². The van der Waals surface area contributed by atoms with Gasteiger partial charge in [0, 0.05) is 17.3 Å². The fraction of sp³-hybridized carbons (Fsp3) is 0.143. The van der Waals surface area contributed by atoms with Crippen LogP contribution in [0.5, 0.6) is 5.75 Å². The Kier molecular flexibility index (Phi) is 3.94. The van der Waals surface area contributed by atoms with Gasteiger partial charge >= 0.3 is 0 Å². The van der Waals surface area contributed by atoms with Crippen molar-refractivity contribution in [2.24, 2.45) is 0 Å². The van der Waals surface area contributed by atoms with Crippen LogP contribution in [-0.2, 0) is 0 Å². The van der Waals surface area contributed by atoms with Crippen LogP contribution in [0.2, 0.25) is 0 Å². The number of rotatable bonds is 4. The number of aromatic nitrogens is 3. The first-order valence-corrected chi connectivity index (χ1v) is 8.41. The van der Waals surface area contributed by atoms with Crippen LogP contribution in [0.4, 0.5) is 0 Å². The molecule has 124 valence electrons. The van der Waals surface area contributed by atoms with Crippen molar-refractivity contribution >= 4 is 5.65 Å². The van der Waals surface area contributed by atoms with E-state index in [9.17, 15) is 0 Å². The topological polar surface area (TPSA) is 39.4 Å². The van der Waals surface area contributed by atoms with Gasteiger partial charge < -0.3 is 4.74 Å². The summed E-state index contributed by atoms with van der Waals surface area (Å²) in [7, 11) is 0. The molecule has 0 atom stereocenters. The van der Waals surface area contributed by atoms with Crippen molar-refractivity contribution in [3.63, 3.8) is 0 Å². The molecule has 0 saturated heterocycles. The molecule has 0 aliphatic rings. The average molecular weight is 329 g/mol. The van der Waals surface area contributed by atoms with Crippen LogP contribution >= 0.6 is 0 Å². The predicted molar refractivity (Wildman–Crippen MR) is 99.8 cm³/mol. The predicted octanol–water partition coefficient (Wildman–Crippen LogP) is 4.77. The lowest BCUT2D eigenvalue weighted by Crippen LogP contribution is -1.96. The standard InChI is InChI=1S/C21H19N3O/c1-3-25-18-11-9-16(10-12-18)19-13-14-22-21-20(15(2)23-24(19)21)17-7-5-4-6-8-17/h4-14H,3H2,1-2H3. The molecule has 0 saturated carbocycles. The van der Waals surface area contributed by atoms with Gasteiger partial charge in [-0.1, -0.05) is 30.3 Å². The number of hydrogen-bond donors (Lipinski definition) is 0. The Morgan fingerprint density at radius 1 is 0.920 bits per heavy atom. The fourth-order valence-corrected chi connectivity index (χ4v) is 3.10. The second kappa shape index (κ2) is 6.40. The van der Waals surface area contributed by atoms with Crippen LogP contribution in [0, 0.1) is 6.92 Å². The molecule has 0 amide bonds. The minimum atomic E-state index is 0.664. The SMILES string of the molecule is CCOc1ccc(-c2ccnc3c(-c4ccccc4)c(C)nn23)cc1. The quantitative estimate of drug-likeness (QED) is 0.541. The Bertz CT molecular complexity index is 1000. The van der Waals surface area contributed by atoms with Crippen molar-refractivity contribution < 1.29 is 4.74 Å². The number of nitrogens with zero attached hydrogens (tertiary/aromatic N) is 3. The van der Waals surface area contributed by atoms with Gasteiger partial charge in [-0.25, -0.2) is 9.50 Å². The molecule has 4 rings (SSSR count). The molecule has 0 bridgehead atoms. The summed E-state index contributed by atoms with van der Waals surface area (Å²) in [5.41, 5.74) is 6.14. The zero-order valence-electron chi connectivity index (χ0n) is 14.3. The summed E-state index contributed by atoms with van der Waals surface area (Å²) >= 11 is 0. The summed E-state index contributed by atoms with van der Waals surface area (Å²) in [6, 6.07) is 20.3. The van der Waals surface area contributed by atoms with Gasteiger partial charge in [0.05, 0.1) is 18.0 Å². The maximum atomic E-state index is 5.53. The molecule has 4 aromatic rings. The van der Waals surface area contributed by atoms with E-state index >= 15 is 0 Å². The molecule has 0 spiro atoms. The third-order valence-corrected chi connectivity index (χ3v) is 4.22. The van der Waals surface area contributed by atoms with E-state index in [0.717, 1.165) is 39.5 Å². The van der Waals surface area contributed by atoms with Crippen molar-refractivity contribution in [2.45, 2.75) is 13.8 Å². The molecular weight excluding hydrogens is 310 g/mol. The van der Waals surface area contributed by atoms with E-state index in [1.165, 1.54) is 0 Å². The number of benzene rings is 2. The minimum absolute atomic E-state index is 0.664. The first-order chi connectivity index (χ1) is 12.3. The summed E-state index contributed by atoms with van der Waals surface area (Å²) in [4.78, 5) is 4.59. The fourth-order valence-electron chi connectivity index (χ4n) is 3.10. The van der Waals surface area contributed by atoms with Crippen molar-refractivity contribution in [3.05, 3.63) is 72.6 Å². The zero-order valence-corrected chi connectivity index (χ0v) is 14.3. The van der Waals surface area contributed by atoms with Crippen LogP contribution in [0.25, 0.3) is 28.0 Å². The van der Waals surface area contributed by atoms with Gasteiger partial charge in [0.15, 0.2) is 5.65 Å². The van der Waals surface area contributed by atoms with Crippen molar-refractivity contribution in [3.8, 4) is 28.1 Å². The summed E-state index contributed by atoms with van der Waals surface area (Å²) in [5.74, 6) is 0.873. The van der Waals surface area contributed by atoms with Gasteiger partial charge in [-0.05, 0) is 49.7 Å². The Hall–Kier alpha value is -3.14. The lowest BCUT2D eigenvalue weighted by molar-refractivity contribution is 0.340. The Balaban J connectivity index is 1.87. The van der Waals surface area contributed by atoms with Crippen LogP contribution in [0.3, 0.4) is 0 Å². The van der Waals surface area contributed by atoms with Crippen molar-refractivity contribution in [1.82, 2.24) is 14.6 Å². The van der Waals surface area contributed by atoms with Crippen LogP contribution in [0.15, 0.2) is 66.9 Å². The highest BCUT2D eigenvalue weighted by Gasteiger charge is 2.15. The number of fused-ring (bicyclic) bond motifs is 1. The highest BCUT2D eigenvalue weighted by molar-refractivity contribution is 5.81. The van der Waals surface area contributed by atoms with E-state index in [1.54, 1.807) is 0 Å². The van der Waals surface area contributed by atoms with E-state index in [4.69, 9.17) is 9.84 Å². The third kappa shape index (κ3) is 2.76. The molecule has 2 heterocycles. The maximum absolute atomic E-state index is 5.53. The summed E-state index contributed by atoms with van der Waals surface area (Å²) in [5, 5.41) is 4.75. The number of hydrogen-bond acceptors (Lipinski definition) is 3. The van der Waals surface area contributed by atoms with Crippen LogP contribution in [-0.4, -0.2) is 21.2 Å². The normalized spacial score (nSPS) is 11.0. The average Bonchev–Trinajstić information content (AvgIpc) is 2.99. The Morgan fingerprint density at radius 2 is 1.68 bits per heavy atom.